The number of carbonyl (C=O) groups excluding carboxylic acids is 1. The van der Waals surface area contributed by atoms with E-state index in [0.717, 1.165) is 30.7 Å². The molecule has 1 aliphatic rings. The van der Waals surface area contributed by atoms with Crippen molar-refractivity contribution in [2.24, 2.45) is 0 Å². The number of amides is 1. The molecule has 0 saturated carbocycles. The summed E-state index contributed by atoms with van der Waals surface area (Å²) in [5.74, 6) is 0.857. The normalized spacial score (nSPS) is 17.1. The van der Waals surface area contributed by atoms with E-state index in [1.807, 2.05) is 6.92 Å². The lowest BCUT2D eigenvalue weighted by atomic mass is 10.4. The maximum absolute atomic E-state index is 11.6. The largest absolute Gasteiger partial charge is 0.378 e. The highest BCUT2D eigenvalue weighted by atomic mass is 32.2. The second kappa shape index (κ2) is 6.94. The molecule has 1 atom stereocenters. The molecule has 8 heteroatoms. The van der Waals surface area contributed by atoms with Gasteiger partial charge in [0.1, 0.15) is 0 Å². The van der Waals surface area contributed by atoms with Crippen LogP contribution in [0.3, 0.4) is 0 Å². The van der Waals surface area contributed by atoms with Gasteiger partial charge in [0.15, 0.2) is 5.16 Å². The first-order valence-corrected chi connectivity index (χ1v) is 7.69. The molecule has 0 radical (unpaired) electrons. The van der Waals surface area contributed by atoms with Crippen LogP contribution in [0.2, 0.25) is 0 Å². The third kappa shape index (κ3) is 3.24. The zero-order valence-corrected chi connectivity index (χ0v) is 12.9. The fraction of sp³-hybridized carbons (Fsp3) is 0.750. The first-order chi connectivity index (χ1) is 9.67. The minimum absolute atomic E-state index is 0.00595. The Hall–Kier alpha value is -1.28. The molecule has 0 aromatic carbocycles. The highest BCUT2D eigenvalue weighted by molar-refractivity contribution is 8.00. The smallest absolute Gasteiger partial charge is 0.233 e. The Balaban J connectivity index is 2.14. The lowest BCUT2D eigenvalue weighted by Crippen LogP contribution is -2.38. The topological polar surface area (TPSA) is 72.3 Å². The highest BCUT2D eigenvalue weighted by Gasteiger charge is 2.22. The van der Waals surface area contributed by atoms with E-state index in [1.54, 1.807) is 7.05 Å². The van der Waals surface area contributed by atoms with Crippen molar-refractivity contribution in [3.05, 3.63) is 0 Å². The van der Waals surface area contributed by atoms with Gasteiger partial charge in [0.25, 0.3) is 0 Å². The maximum atomic E-state index is 11.6. The Morgan fingerprint density at radius 2 is 2.15 bits per heavy atom. The number of nitrogens with zero attached hydrogens (tertiary/aromatic N) is 4. The molecule has 1 saturated heterocycles. The van der Waals surface area contributed by atoms with Crippen LogP contribution in [0.25, 0.3) is 0 Å². The van der Waals surface area contributed by atoms with Gasteiger partial charge in [0.05, 0.1) is 18.5 Å². The summed E-state index contributed by atoms with van der Waals surface area (Å²) in [6, 6.07) is 0. The lowest BCUT2D eigenvalue weighted by Gasteiger charge is -2.27. The minimum atomic E-state index is -0.188. The van der Waals surface area contributed by atoms with Crippen LogP contribution in [-0.4, -0.2) is 59.3 Å². The van der Waals surface area contributed by atoms with Crippen LogP contribution in [0, 0.1) is 0 Å². The van der Waals surface area contributed by atoms with Crippen LogP contribution in [0.1, 0.15) is 13.8 Å². The van der Waals surface area contributed by atoms with E-state index in [9.17, 15) is 4.79 Å². The summed E-state index contributed by atoms with van der Waals surface area (Å²) in [6.45, 7) is 7.79. The molecule has 20 heavy (non-hydrogen) atoms. The van der Waals surface area contributed by atoms with Crippen LogP contribution in [-0.2, 0) is 16.1 Å². The number of aromatic nitrogens is 3. The fourth-order valence-electron chi connectivity index (χ4n) is 2.06. The van der Waals surface area contributed by atoms with E-state index in [1.165, 1.54) is 11.8 Å². The average Bonchev–Trinajstić information content (AvgIpc) is 2.89. The van der Waals surface area contributed by atoms with E-state index in [2.05, 4.69) is 31.9 Å². The molecular weight excluding hydrogens is 278 g/mol. The van der Waals surface area contributed by atoms with Gasteiger partial charge in [0, 0.05) is 26.7 Å². The Bertz CT molecular complexity index is 459. The molecule has 0 unspecified atom stereocenters. The quantitative estimate of drug-likeness (QED) is 0.792. The van der Waals surface area contributed by atoms with Crippen molar-refractivity contribution in [3.63, 3.8) is 0 Å². The van der Waals surface area contributed by atoms with Crippen molar-refractivity contribution in [2.75, 3.05) is 38.3 Å². The van der Waals surface area contributed by atoms with Gasteiger partial charge in [-0.05, 0) is 13.8 Å². The van der Waals surface area contributed by atoms with E-state index < -0.39 is 0 Å². The van der Waals surface area contributed by atoms with Gasteiger partial charge in [-0.1, -0.05) is 11.8 Å². The van der Waals surface area contributed by atoms with Gasteiger partial charge in [-0.2, -0.15) is 0 Å². The third-order valence-corrected chi connectivity index (χ3v) is 4.29. The number of anilines is 1. The van der Waals surface area contributed by atoms with Crippen molar-refractivity contribution in [1.29, 1.82) is 0 Å². The molecule has 0 spiro atoms. The molecule has 1 aromatic heterocycles. The number of thioether (sulfide) groups is 1. The number of hydrogen-bond donors (Lipinski definition) is 1. The molecule has 2 heterocycles. The summed E-state index contributed by atoms with van der Waals surface area (Å²) in [7, 11) is 1.64. The zero-order valence-electron chi connectivity index (χ0n) is 12.1. The molecule has 1 aromatic rings. The molecule has 112 valence electrons. The number of morpholine rings is 1. The number of nitrogens with one attached hydrogen (secondary N) is 1. The van der Waals surface area contributed by atoms with Gasteiger partial charge >= 0.3 is 0 Å². The van der Waals surface area contributed by atoms with Gasteiger partial charge in [-0.15, -0.1) is 10.2 Å². The third-order valence-electron chi connectivity index (χ3n) is 3.21. The van der Waals surface area contributed by atoms with Crippen molar-refractivity contribution in [2.45, 2.75) is 30.8 Å². The number of carbonyl (C=O) groups is 1. The molecule has 1 N–H and O–H groups in total. The molecule has 1 amide bonds. The molecular formula is C12H21N5O2S. The first-order valence-electron chi connectivity index (χ1n) is 6.81. The molecule has 0 aliphatic carbocycles. The molecule has 1 fully saturated rings. The van der Waals surface area contributed by atoms with E-state index in [-0.39, 0.29) is 11.2 Å². The van der Waals surface area contributed by atoms with Crippen LogP contribution in [0.4, 0.5) is 5.95 Å². The average molecular weight is 299 g/mol. The molecule has 7 nitrogen and oxygen atoms in total. The van der Waals surface area contributed by atoms with Crippen molar-refractivity contribution in [1.82, 2.24) is 20.1 Å². The summed E-state index contributed by atoms with van der Waals surface area (Å²) >= 11 is 1.43. The number of ether oxygens (including phenoxy) is 1. The monoisotopic (exact) mass is 299 g/mol. The van der Waals surface area contributed by atoms with Gasteiger partial charge in [-0.25, -0.2) is 0 Å². The first kappa shape index (κ1) is 15.1. The SMILES string of the molecule is CCn1c(S[C@H](C)C(=O)NC)nnc1N1CCOCC1. The van der Waals surface area contributed by atoms with Crippen LogP contribution in [0.5, 0.6) is 0 Å². The predicted octanol–water partition coefficient (Wildman–Crippen LogP) is 0.361. The Morgan fingerprint density at radius 3 is 2.75 bits per heavy atom. The molecule has 1 aliphatic heterocycles. The lowest BCUT2D eigenvalue weighted by molar-refractivity contribution is -0.119. The molecule has 0 bridgehead atoms. The fourth-order valence-corrected chi connectivity index (χ4v) is 3.02. The van der Waals surface area contributed by atoms with Crippen LogP contribution < -0.4 is 10.2 Å². The van der Waals surface area contributed by atoms with Crippen LogP contribution >= 0.6 is 11.8 Å². The Morgan fingerprint density at radius 1 is 1.45 bits per heavy atom. The minimum Gasteiger partial charge on any atom is -0.378 e. The van der Waals surface area contributed by atoms with Crippen molar-refractivity contribution in [3.8, 4) is 0 Å². The summed E-state index contributed by atoms with van der Waals surface area (Å²) in [5.41, 5.74) is 0. The second-order valence-corrected chi connectivity index (χ2v) is 5.81. The van der Waals surface area contributed by atoms with Gasteiger partial charge < -0.3 is 15.0 Å². The van der Waals surface area contributed by atoms with Gasteiger partial charge in [-0.3, -0.25) is 9.36 Å². The summed E-state index contributed by atoms with van der Waals surface area (Å²) in [5, 5.41) is 11.8. The summed E-state index contributed by atoms with van der Waals surface area (Å²) < 4.78 is 7.41. The van der Waals surface area contributed by atoms with Crippen molar-refractivity contribution < 1.29 is 9.53 Å². The second-order valence-electron chi connectivity index (χ2n) is 4.50. The van der Waals surface area contributed by atoms with E-state index in [0.29, 0.717) is 13.2 Å². The predicted molar refractivity (Wildman–Crippen MR) is 78.1 cm³/mol. The van der Waals surface area contributed by atoms with Gasteiger partial charge in [0.2, 0.25) is 11.9 Å². The standard InChI is InChI=1S/C12H21N5O2S/c1-4-17-11(16-5-7-19-8-6-16)14-15-12(17)20-9(2)10(18)13-3/h9H,4-8H2,1-3H3,(H,13,18)/t9-/m1/s1. The van der Waals surface area contributed by atoms with Crippen LogP contribution in [0.15, 0.2) is 5.16 Å². The summed E-state index contributed by atoms with van der Waals surface area (Å²) in [6.07, 6.45) is 0. The van der Waals surface area contributed by atoms with E-state index >= 15 is 0 Å². The summed E-state index contributed by atoms with van der Waals surface area (Å²) in [4.78, 5) is 13.8. The number of hydrogen-bond acceptors (Lipinski definition) is 6. The zero-order chi connectivity index (χ0) is 14.5. The van der Waals surface area contributed by atoms with Crippen molar-refractivity contribution >= 4 is 23.6 Å². The maximum Gasteiger partial charge on any atom is 0.233 e. The Kier molecular flexibility index (Phi) is 5.24. The molecule has 2 rings (SSSR count). The number of rotatable bonds is 5. The Labute approximate surface area is 123 Å². The van der Waals surface area contributed by atoms with E-state index in [4.69, 9.17) is 4.74 Å². The highest BCUT2D eigenvalue weighted by Crippen LogP contribution is 2.25.